The number of thiol groups is 1. The average molecular weight is 145 g/mol. The molecule has 1 saturated carbocycles. The van der Waals surface area contributed by atoms with Crippen LogP contribution in [0.3, 0.4) is 0 Å². The topological polar surface area (TPSA) is 3.24 Å². The largest absolute Gasteiger partial charge is 0.305 e. The van der Waals surface area contributed by atoms with Crippen molar-refractivity contribution >= 4 is 12.6 Å². The Hall–Kier alpha value is 0.310. The standard InChI is InChI=1S/C7H15NS/c1-8(2)6-4-3-5-7(6)9/h6-7,9H,3-5H2,1-2H3/t6-,7+/m0/s1. The molecule has 0 amide bonds. The van der Waals surface area contributed by atoms with Gasteiger partial charge in [0.15, 0.2) is 0 Å². The molecule has 0 radical (unpaired) electrons. The van der Waals surface area contributed by atoms with Gasteiger partial charge < -0.3 is 4.90 Å². The molecule has 0 aliphatic heterocycles. The summed E-state index contributed by atoms with van der Waals surface area (Å²) in [6.45, 7) is 0. The van der Waals surface area contributed by atoms with E-state index < -0.39 is 0 Å². The van der Waals surface area contributed by atoms with Gasteiger partial charge in [-0.1, -0.05) is 6.42 Å². The number of nitrogens with zero attached hydrogens (tertiary/aromatic N) is 1. The molecule has 0 heterocycles. The van der Waals surface area contributed by atoms with Crippen molar-refractivity contribution in [2.75, 3.05) is 14.1 Å². The smallest absolute Gasteiger partial charge is 0.0206 e. The highest BCUT2D eigenvalue weighted by Crippen LogP contribution is 2.26. The van der Waals surface area contributed by atoms with Gasteiger partial charge in [-0.05, 0) is 26.9 Å². The van der Waals surface area contributed by atoms with Crippen LogP contribution in [-0.4, -0.2) is 30.3 Å². The molecule has 2 heteroatoms. The van der Waals surface area contributed by atoms with Gasteiger partial charge in [0, 0.05) is 11.3 Å². The summed E-state index contributed by atoms with van der Waals surface area (Å²) < 4.78 is 0. The zero-order chi connectivity index (χ0) is 6.85. The summed E-state index contributed by atoms with van der Waals surface area (Å²) in [6, 6.07) is 0.730. The molecular weight excluding hydrogens is 130 g/mol. The lowest BCUT2D eigenvalue weighted by Gasteiger charge is -2.22. The van der Waals surface area contributed by atoms with Gasteiger partial charge in [0.25, 0.3) is 0 Å². The van der Waals surface area contributed by atoms with Gasteiger partial charge in [-0.15, -0.1) is 0 Å². The van der Waals surface area contributed by atoms with Crippen molar-refractivity contribution in [2.24, 2.45) is 0 Å². The normalized spacial score (nSPS) is 36.0. The van der Waals surface area contributed by atoms with Crippen molar-refractivity contribution in [1.82, 2.24) is 4.90 Å². The van der Waals surface area contributed by atoms with Gasteiger partial charge in [-0.3, -0.25) is 0 Å². The van der Waals surface area contributed by atoms with E-state index in [2.05, 4.69) is 31.6 Å². The van der Waals surface area contributed by atoms with E-state index in [0.717, 1.165) is 6.04 Å². The first-order valence-electron chi connectivity index (χ1n) is 3.56. The summed E-state index contributed by atoms with van der Waals surface area (Å²) in [5.41, 5.74) is 0. The Labute approximate surface area is 62.8 Å². The van der Waals surface area contributed by atoms with Crippen molar-refractivity contribution in [1.29, 1.82) is 0 Å². The van der Waals surface area contributed by atoms with Gasteiger partial charge in [0.05, 0.1) is 0 Å². The average Bonchev–Trinajstić information content (AvgIpc) is 2.13. The van der Waals surface area contributed by atoms with Crippen molar-refractivity contribution in [3.05, 3.63) is 0 Å². The molecule has 0 aromatic heterocycles. The third-order valence-corrected chi connectivity index (χ3v) is 2.71. The van der Waals surface area contributed by atoms with Gasteiger partial charge in [0.2, 0.25) is 0 Å². The number of hydrogen-bond donors (Lipinski definition) is 1. The Bertz CT molecular complexity index is 92.9. The van der Waals surface area contributed by atoms with E-state index in [1.54, 1.807) is 0 Å². The molecule has 1 fully saturated rings. The third kappa shape index (κ3) is 1.62. The molecule has 54 valence electrons. The monoisotopic (exact) mass is 145 g/mol. The van der Waals surface area contributed by atoms with Crippen LogP contribution in [0.1, 0.15) is 19.3 Å². The lowest BCUT2D eigenvalue weighted by Crippen LogP contribution is -2.31. The first kappa shape index (κ1) is 7.42. The van der Waals surface area contributed by atoms with Gasteiger partial charge in [-0.25, -0.2) is 0 Å². The molecule has 0 N–H and O–H groups in total. The molecule has 0 aromatic carbocycles. The highest BCUT2D eigenvalue weighted by Gasteiger charge is 2.25. The Morgan fingerprint density at radius 1 is 1.33 bits per heavy atom. The Morgan fingerprint density at radius 2 is 2.00 bits per heavy atom. The Kier molecular flexibility index (Phi) is 2.42. The van der Waals surface area contributed by atoms with Crippen LogP contribution in [-0.2, 0) is 0 Å². The summed E-state index contributed by atoms with van der Waals surface area (Å²) in [6.07, 6.45) is 3.99. The molecule has 0 spiro atoms. The van der Waals surface area contributed by atoms with Crippen LogP contribution < -0.4 is 0 Å². The predicted molar refractivity (Wildman–Crippen MR) is 44.1 cm³/mol. The van der Waals surface area contributed by atoms with Crippen LogP contribution in [0.4, 0.5) is 0 Å². The van der Waals surface area contributed by atoms with Gasteiger partial charge in [-0.2, -0.15) is 12.6 Å². The summed E-state index contributed by atoms with van der Waals surface area (Å²) in [4.78, 5) is 2.28. The highest BCUT2D eigenvalue weighted by molar-refractivity contribution is 7.81. The minimum absolute atomic E-state index is 0.625. The van der Waals surface area contributed by atoms with Gasteiger partial charge >= 0.3 is 0 Å². The van der Waals surface area contributed by atoms with E-state index in [1.807, 2.05) is 0 Å². The molecular formula is C7H15NS. The molecule has 1 rings (SSSR count). The molecule has 1 nitrogen and oxygen atoms in total. The second kappa shape index (κ2) is 2.93. The van der Waals surface area contributed by atoms with Crippen molar-refractivity contribution in [3.63, 3.8) is 0 Å². The Balaban J connectivity index is 2.40. The third-order valence-electron chi connectivity index (χ3n) is 2.11. The summed E-state index contributed by atoms with van der Waals surface area (Å²) in [7, 11) is 4.28. The lowest BCUT2D eigenvalue weighted by atomic mass is 10.2. The first-order chi connectivity index (χ1) is 4.22. The fourth-order valence-electron chi connectivity index (χ4n) is 1.52. The molecule has 0 bridgehead atoms. The molecule has 2 atom stereocenters. The predicted octanol–water partition coefficient (Wildman–Crippen LogP) is 1.40. The fraction of sp³-hybridized carbons (Fsp3) is 1.00. The molecule has 1 aliphatic rings. The molecule has 0 aromatic rings. The number of rotatable bonds is 1. The molecule has 0 unspecified atom stereocenters. The van der Waals surface area contributed by atoms with E-state index >= 15 is 0 Å². The van der Waals surface area contributed by atoms with E-state index in [-0.39, 0.29) is 0 Å². The second-order valence-corrected chi connectivity index (χ2v) is 3.69. The van der Waals surface area contributed by atoms with Crippen LogP contribution >= 0.6 is 12.6 Å². The van der Waals surface area contributed by atoms with Gasteiger partial charge in [0.1, 0.15) is 0 Å². The minimum Gasteiger partial charge on any atom is -0.305 e. The maximum Gasteiger partial charge on any atom is 0.0206 e. The van der Waals surface area contributed by atoms with Crippen molar-refractivity contribution < 1.29 is 0 Å². The number of hydrogen-bond acceptors (Lipinski definition) is 2. The Morgan fingerprint density at radius 3 is 2.22 bits per heavy atom. The highest BCUT2D eigenvalue weighted by atomic mass is 32.1. The van der Waals surface area contributed by atoms with Crippen molar-refractivity contribution in [3.8, 4) is 0 Å². The van der Waals surface area contributed by atoms with E-state index in [1.165, 1.54) is 19.3 Å². The molecule has 1 aliphatic carbocycles. The first-order valence-corrected chi connectivity index (χ1v) is 4.08. The summed E-state index contributed by atoms with van der Waals surface area (Å²) in [5, 5.41) is 0.625. The zero-order valence-electron chi connectivity index (χ0n) is 6.17. The van der Waals surface area contributed by atoms with Crippen LogP contribution in [0.25, 0.3) is 0 Å². The molecule has 9 heavy (non-hydrogen) atoms. The summed E-state index contributed by atoms with van der Waals surface area (Å²) in [5.74, 6) is 0. The quantitative estimate of drug-likeness (QED) is 0.546. The minimum atomic E-state index is 0.625. The maximum absolute atomic E-state index is 4.49. The van der Waals surface area contributed by atoms with Crippen LogP contribution in [0.5, 0.6) is 0 Å². The lowest BCUT2D eigenvalue weighted by molar-refractivity contribution is 0.305. The zero-order valence-corrected chi connectivity index (χ0v) is 7.06. The van der Waals surface area contributed by atoms with E-state index in [9.17, 15) is 0 Å². The SMILES string of the molecule is CN(C)[C@H]1CCC[C@H]1S. The van der Waals surface area contributed by atoms with E-state index in [0.29, 0.717) is 5.25 Å². The van der Waals surface area contributed by atoms with Crippen LogP contribution in [0.15, 0.2) is 0 Å². The summed E-state index contributed by atoms with van der Waals surface area (Å²) >= 11 is 4.49. The van der Waals surface area contributed by atoms with Crippen molar-refractivity contribution in [2.45, 2.75) is 30.6 Å². The fourth-order valence-corrected chi connectivity index (χ4v) is 2.12. The maximum atomic E-state index is 4.49. The van der Waals surface area contributed by atoms with Crippen LogP contribution in [0.2, 0.25) is 0 Å². The molecule has 0 saturated heterocycles. The second-order valence-electron chi connectivity index (χ2n) is 3.03. The van der Waals surface area contributed by atoms with E-state index in [4.69, 9.17) is 0 Å². The van der Waals surface area contributed by atoms with Crippen LogP contribution in [0, 0.1) is 0 Å².